The van der Waals surface area contributed by atoms with E-state index in [9.17, 15) is 61.9 Å². The summed E-state index contributed by atoms with van der Waals surface area (Å²) in [5.74, 6) is -9.85. The maximum absolute atomic E-state index is 11.3. The molecule has 0 aliphatic carbocycles. The van der Waals surface area contributed by atoms with Crippen LogP contribution >= 0.6 is 79.1 Å². The molecule has 0 bridgehead atoms. The van der Waals surface area contributed by atoms with E-state index in [1.807, 2.05) is 0 Å². The molecule has 74 heavy (non-hydrogen) atoms. The first kappa shape index (κ1) is 106. The predicted octanol–water partition coefficient (Wildman–Crippen LogP) is -1.74. The van der Waals surface area contributed by atoms with Gasteiger partial charge in [-0.3, -0.25) is 76.9 Å². The number of rotatable bonds is 18. The number of nitrogens with two attached hydrogens (primary N) is 1. The molecule has 1 saturated heterocycles. The molecule has 0 spiro atoms. The molecule has 0 aromatic heterocycles. The van der Waals surface area contributed by atoms with Crippen molar-refractivity contribution in [1.29, 1.82) is 0 Å². The average molecular weight is 1510 g/mol. The summed E-state index contributed by atoms with van der Waals surface area (Å²) in [6.45, 7) is -1.43. The van der Waals surface area contributed by atoms with E-state index in [1.54, 1.807) is 0 Å². The number of carboxylic acids is 8. The maximum atomic E-state index is 11.3. The van der Waals surface area contributed by atoms with Crippen molar-refractivity contribution in [2.45, 2.75) is 50.5 Å². The van der Waals surface area contributed by atoms with Crippen molar-refractivity contribution in [1.82, 2.24) is 37.2 Å². The SMILES string of the molecule is C.C.C.C.CC(=O)N(CC(=O)O)CC(=O)O.CC(=O)O.CC(N)=O.I.N.N.O=C(O)CN(CC(=O)O)CP(=O)(O)O.O=C(O)CN1CC(=O)N(CC(=O)O)CC1=O.O=C(O)CNCP(=O)(O)O.O=C=C=O.[I][V][I]. The molecule has 1 heterocycles. The third kappa shape index (κ3) is 108. The Labute approximate surface area is 470 Å². The fourth-order valence-corrected chi connectivity index (χ4v) is 4.15. The van der Waals surface area contributed by atoms with E-state index in [0.29, 0.717) is 14.4 Å². The van der Waals surface area contributed by atoms with Gasteiger partial charge in [0.2, 0.25) is 35.5 Å². The number of nitrogens with zero attached hydrogens (tertiary/aromatic N) is 4. The van der Waals surface area contributed by atoms with Crippen molar-refractivity contribution in [3.63, 3.8) is 0 Å². The second-order valence-corrected chi connectivity index (χ2v) is 26.1. The topological polar surface area (TPSA) is 637 Å². The van der Waals surface area contributed by atoms with Gasteiger partial charge in [-0.25, -0.2) is 9.59 Å². The molecular formula is C32H69I3N8O28P2V. The molecule has 42 heteroatoms. The van der Waals surface area contributed by atoms with E-state index in [0.717, 1.165) is 40.4 Å². The third-order valence-corrected chi connectivity index (χ3v) is 6.25. The van der Waals surface area contributed by atoms with Gasteiger partial charge in [0.15, 0.2) is 0 Å². The number of nitrogens with one attached hydrogen (secondary N) is 1. The molecule has 4 amide bonds. The Kier molecular flexibility index (Phi) is 90.3. The van der Waals surface area contributed by atoms with Gasteiger partial charge in [-0.1, -0.05) is 29.7 Å². The fraction of sp³-hybridized carbons (Fsp3) is 0.562. The molecule has 21 N–H and O–H groups in total. The van der Waals surface area contributed by atoms with Crippen LogP contribution in [-0.4, -0.2) is 235 Å². The van der Waals surface area contributed by atoms with Gasteiger partial charge in [0.1, 0.15) is 45.6 Å². The summed E-state index contributed by atoms with van der Waals surface area (Å²) in [6.07, 6.45) is -1.48. The number of hydrogen-bond acceptors (Lipinski definition) is 20. The van der Waals surface area contributed by atoms with Crippen LogP contribution in [0, 0.1) is 0 Å². The number of piperazine rings is 1. The summed E-state index contributed by atoms with van der Waals surface area (Å²) in [5, 5.41) is 67.5. The van der Waals surface area contributed by atoms with E-state index in [-0.39, 0.29) is 71.9 Å². The first-order valence-corrected chi connectivity index (χ1v) is 28.8. The summed E-state index contributed by atoms with van der Waals surface area (Å²) in [7, 11) is -7.90. The van der Waals surface area contributed by atoms with Crippen molar-refractivity contribution in [3.05, 3.63) is 0 Å². The number of primary amides is 1. The van der Waals surface area contributed by atoms with Gasteiger partial charge in [-0.05, 0) is 0 Å². The van der Waals surface area contributed by atoms with Crippen LogP contribution in [0.15, 0.2) is 0 Å². The van der Waals surface area contributed by atoms with Crippen molar-refractivity contribution in [3.8, 4) is 0 Å². The molecule has 1 rings (SSSR count). The summed E-state index contributed by atoms with van der Waals surface area (Å²) < 4.78 is 20.5. The molecule has 0 saturated carbocycles. The Balaban J connectivity index is -0.0000000484. The molecule has 0 atom stereocenters. The Morgan fingerprint density at radius 2 is 0.865 bits per heavy atom. The molecule has 1 fully saturated rings. The summed E-state index contributed by atoms with van der Waals surface area (Å²) in [4.78, 5) is 176. The van der Waals surface area contributed by atoms with Crippen LogP contribution in [0.5, 0.6) is 0 Å². The Bertz CT molecular complexity index is 1740. The van der Waals surface area contributed by atoms with Crippen LogP contribution in [0.4, 0.5) is 0 Å². The van der Waals surface area contributed by atoms with Crippen LogP contribution in [0.25, 0.3) is 0 Å². The molecular weight excluding hydrogens is 1440 g/mol. The van der Waals surface area contributed by atoms with Crippen molar-refractivity contribution in [2.24, 2.45) is 5.73 Å². The van der Waals surface area contributed by atoms with Gasteiger partial charge in [0.25, 0.3) is 5.97 Å². The minimum absolute atomic E-state index is 0. The summed E-state index contributed by atoms with van der Waals surface area (Å²) >= 11 is 4.74. The van der Waals surface area contributed by atoms with Gasteiger partial charge in [0.05, 0.1) is 25.9 Å². The van der Waals surface area contributed by atoms with E-state index < -0.39 is 152 Å². The van der Waals surface area contributed by atoms with Gasteiger partial charge < -0.3 is 93.2 Å². The molecule has 0 radical (unpaired) electrons. The number of halogens is 3. The number of hydrogen-bond donors (Lipinski definition) is 16. The van der Waals surface area contributed by atoms with Crippen LogP contribution < -0.4 is 23.4 Å². The van der Waals surface area contributed by atoms with Gasteiger partial charge in [-0.2, -0.15) is 0 Å². The molecule has 36 nitrogen and oxygen atoms in total. The summed E-state index contributed by atoms with van der Waals surface area (Å²) in [5.41, 5.74) is 4.47. The third-order valence-electron chi connectivity index (χ3n) is 4.85. The first-order chi connectivity index (χ1) is 30.2. The van der Waals surface area contributed by atoms with Gasteiger partial charge in [0, 0.05) is 20.8 Å². The summed E-state index contributed by atoms with van der Waals surface area (Å²) in [6, 6.07) is 0. The number of carboxylic acid groups (broad SMARTS) is 8. The molecule has 1 aliphatic heterocycles. The quantitative estimate of drug-likeness (QED) is 0.0412. The second-order valence-electron chi connectivity index (χ2n) is 11.1. The fourth-order valence-electron chi connectivity index (χ4n) is 3.03. The molecule has 0 aromatic carbocycles. The number of aliphatic carboxylic acids is 8. The standard InChI is InChI=1S/C8H10N2O6.C6H9NO5.C5H10NO7P.C3H8NO5P.C2H5NO.C2H4O2.C2O2.4CH4.3HI.2H3N.V/c11-5-1-9(3-7(13)14)6(12)2-10(5)4-8(15)16;1-4(8)7(2-5(9)10)3-6(11)12;7-4(8)1-6(2-5(9)10)3-14(11,12)13;5-3(6)1-4-2-10(7,8)9;2*1-2(3)4;3-1-2-4;;;;;;;;;;/h1-4H2,(H,13,14)(H,15,16);2-3H2,1H3,(H,9,10)(H,11,12);1-3H2,(H,7,8)(H,9,10)(H2,11,12,13);4H,1-2H2,(H,5,6)(H2,7,8,9);1H3,(H2,3,4);1H3,(H,3,4);;4*1H4;3*1H;2*1H3;/q;;;;;;;;;;;;;;;;+2/p-2. The Morgan fingerprint density at radius 1 is 0.608 bits per heavy atom. The van der Waals surface area contributed by atoms with Crippen LogP contribution in [0.2, 0.25) is 0 Å². The predicted molar refractivity (Wildman–Crippen MR) is 282 cm³/mol. The Hall–Kier alpha value is -4.29. The van der Waals surface area contributed by atoms with Gasteiger partial charge in [-0.15, -0.1) is 24.0 Å². The van der Waals surface area contributed by atoms with E-state index in [4.69, 9.17) is 74.8 Å². The first-order valence-electron chi connectivity index (χ1n) is 16.2. The molecule has 1 aliphatic rings. The van der Waals surface area contributed by atoms with E-state index in [1.165, 1.54) is 6.92 Å². The van der Waals surface area contributed by atoms with Crippen molar-refractivity contribution in [2.75, 3.05) is 71.5 Å². The zero-order valence-electron chi connectivity index (χ0n) is 36.5. The van der Waals surface area contributed by atoms with Gasteiger partial charge >= 0.3 is 106 Å². The monoisotopic (exact) mass is 1510 g/mol. The van der Waals surface area contributed by atoms with Crippen molar-refractivity contribution >= 4 is 162 Å². The van der Waals surface area contributed by atoms with Crippen LogP contribution in [-0.2, 0) is 85.7 Å². The number of carbonyl (C=O) groups is 12. The number of carbonyl (C=O) groups excluding carboxylic acids is 6. The van der Waals surface area contributed by atoms with Crippen LogP contribution in [0.1, 0.15) is 50.5 Å². The van der Waals surface area contributed by atoms with E-state index in [2.05, 4.69) is 51.0 Å². The van der Waals surface area contributed by atoms with Crippen molar-refractivity contribution < 1.29 is 146 Å². The second kappa shape index (κ2) is 63.0. The Morgan fingerprint density at radius 3 is 1.03 bits per heavy atom. The zero-order chi connectivity index (χ0) is 54.8. The minimum atomic E-state index is -4.44. The number of amides is 4. The van der Waals surface area contributed by atoms with E-state index >= 15 is 0 Å². The molecule has 0 unspecified atom stereocenters. The van der Waals surface area contributed by atoms with Crippen LogP contribution in [0.3, 0.4) is 0 Å². The average Bonchev–Trinajstić information content (AvgIpc) is 3.08. The zero-order valence-corrected chi connectivity index (χ0v) is 46.3. The molecule has 0 aromatic rings. The normalized spacial score (nSPS) is 9.81. The molecule has 441 valence electrons.